The number of nitrogens with two attached hydrogens (primary N) is 1. The molecule has 1 aromatic rings. The average Bonchev–Trinajstić information content (AvgIpc) is 2.93. The van der Waals surface area contributed by atoms with E-state index in [1.54, 1.807) is 0 Å². The maximum atomic E-state index is 11.6. The lowest BCUT2D eigenvalue weighted by Crippen LogP contribution is -2.42. The van der Waals surface area contributed by atoms with Gasteiger partial charge in [-0.1, -0.05) is 6.07 Å². The topological polar surface area (TPSA) is 73.6 Å². The van der Waals surface area contributed by atoms with Gasteiger partial charge in [-0.05, 0) is 30.5 Å². The second-order valence-corrected chi connectivity index (χ2v) is 4.53. The quantitative estimate of drug-likeness (QED) is 0.799. The van der Waals surface area contributed by atoms with Crippen molar-refractivity contribution in [1.82, 2.24) is 5.32 Å². The summed E-state index contributed by atoms with van der Waals surface area (Å²) in [6, 6.07) is 5.63. The van der Waals surface area contributed by atoms with Crippen molar-refractivity contribution in [3.05, 3.63) is 23.8 Å². The van der Waals surface area contributed by atoms with E-state index in [1.807, 2.05) is 18.2 Å². The molecule has 1 saturated carbocycles. The van der Waals surface area contributed by atoms with Crippen molar-refractivity contribution in [3.8, 4) is 11.5 Å². The normalized spacial score (nSPS) is 18.9. The number of rotatable bonds is 3. The molecule has 3 rings (SSSR count). The van der Waals surface area contributed by atoms with Crippen molar-refractivity contribution < 1.29 is 14.3 Å². The summed E-state index contributed by atoms with van der Waals surface area (Å²) >= 11 is 0. The number of benzene rings is 1. The van der Waals surface area contributed by atoms with Crippen LogP contribution < -0.4 is 20.5 Å². The van der Waals surface area contributed by atoms with Gasteiger partial charge in [-0.15, -0.1) is 0 Å². The number of fused-ring (bicyclic) bond motifs is 1. The molecule has 90 valence electrons. The van der Waals surface area contributed by atoms with Crippen LogP contribution >= 0.6 is 0 Å². The fraction of sp³-hybridized carbons (Fsp3) is 0.417. The van der Waals surface area contributed by atoms with Crippen LogP contribution in [-0.2, 0) is 11.3 Å². The van der Waals surface area contributed by atoms with Crippen LogP contribution in [0.15, 0.2) is 18.2 Å². The minimum absolute atomic E-state index is 0.0739. The second-order valence-electron chi connectivity index (χ2n) is 4.53. The Hall–Kier alpha value is -1.75. The first-order valence-electron chi connectivity index (χ1n) is 5.63. The molecule has 2 aliphatic rings. The number of amides is 1. The predicted molar refractivity (Wildman–Crippen MR) is 60.6 cm³/mol. The molecule has 0 radical (unpaired) electrons. The summed E-state index contributed by atoms with van der Waals surface area (Å²) in [6.45, 7) is 0.728. The molecule has 1 aliphatic carbocycles. The molecule has 3 N–H and O–H groups in total. The summed E-state index contributed by atoms with van der Waals surface area (Å²) in [4.78, 5) is 11.6. The highest BCUT2D eigenvalue weighted by molar-refractivity contribution is 5.88. The standard InChI is InChI=1S/C12H14N2O3/c13-12(3-4-12)11(15)14-6-8-1-2-9-10(5-8)17-7-16-9/h1-2,5H,3-4,6-7,13H2,(H,14,15). The van der Waals surface area contributed by atoms with Gasteiger partial charge in [0.2, 0.25) is 12.7 Å². The largest absolute Gasteiger partial charge is 0.454 e. The Bertz CT molecular complexity index is 469. The van der Waals surface area contributed by atoms with Gasteiger partial charge in [0, 0.05) is 6.54 Å². The third-order valence-corrected chi connectivity index (χ3v) is 3.13. The molecule has 0 saturated heterocycles. The van der Waals surface area contributed by atoms with Crippen LogP contribution in [0.2, 0.25) is 0 Å². The smallest absolute Gasteiger partial charge is 0.240 e. The fourth-order valence-electron chi connectivity index (χ4n) is 1.77. The summed E-state index contributed by atoms with van der Waals surface area (Å²) in [6.07, 6.45) is 1.56. The lowest BCUT2D eigenvalue weighted by atomic mass is 10.2. The van der Waals surface area contributed by atoms with E-state index >= 15 is 0 Å². The summed E-state index contributed by atoms with van der Waals surface area (Å²) in [7, 11) is 0. The van der Waals surface area contributed by atoms with Crippen molar-refractivity contribution >= 4 is 5.91 Å². The van der Waals surface area contributed by atoms with Gasteiger partial charge >= 0.3 is 0 Å². The van der Waals surface area contributed by atoms with Crippen molar-refractivity contribution in [2.75, 3.05) is 6.79 Å². The van der Waals surface area contributed by atoms with Gasteiger partial charge in [0.05, 0.1) is 5.54 Å². The van der Waals surface area contributed by atoms with Gasteiger partial charge in [-0.2, -0.15) is 0 Å². The molecule has 1 fully saturated rings. The molecule has 1 aliphatic heterocycles. The molecule has 1 aromatic carbocycles. The second kappa shape index (κ2) is 3.63. The monoisotopic (exact) mass is 234 g/mol. The third kappa shape index (κ3) is 1.93. The molecule has 0 unspecified atom stereocenters. The average molecular weight is 234 g/mol. The minimum atomic E-state index is -0.615. The zero-order chi connectivity index (χ0) is 11.9. The molecule has 1 amide bonds. The Labute approximate surface area is 98.9 Å². The number of nitrogens with one attached hydrogen (secondary N) is 1. The SMILES string of the molecule is NC1(C(=O)NCc2ccc3c(c2)OCO3)CC1. The van der Waals surface area contributed by atoms with E-state index in [-0.39, 0.29) is 12.7 Å². The van der Waals surface area contributed by atoms with E-state index < -0.39 is 5.54 Å². The first-order valence-corrected chi connectivity index (χ1v) is 5.63. The van der Waals surface area contributed by atoms with Crippen LogP contribution in [0.3, 0.4) is 0 Å². The number of ether oxygens (including phenoxy) is 2. The summed E-state index contributed by atoms with van der Waals surface area (Å²) < 4.78 is 10.5. The van der Waals surface area contributed by atoms with Crippen molar-refractivity contribution in [2.24, 2.45) is 5.73 Å². The number of hydrogen-bond acceptors (Lipinski definition) is 4. The highest BCUT2D eigenvalue weighted by atomic mass is 16.7. The molecule has 0 atom stereocenters. The van der Waals surface area contributed by atoms with Gasteiger partial charge in [0.1, 0.15) is 0 Å². The summed E-state index contributed by atoms with van der Waals surface area (Å²) in [5.41, 5.74) is 6.15. The summed E-state index contributed by atoms with van der Waals surface area (Å²) in [5, 5.41) is 2.83. The van der Waals surface area contributed by atoms with Gasteiger partial charge in [-0.3, -0.25) is 4.79 Å². The molecule has 5 heteroatoms. The molecule has 5 nitrogen and oxygen atoms in total. The predicted octanol–water partition coefficient (Wildman–Crippen LogP) is 0.523. The Balaban J connectivity index is 1.63. The van der Waals surface area contributed by atoms with E-state index in [4.69, 9.17) is 15.2 Å². The van der Waals surface area contributed by atoms with Crippen LogP contribution in [0.5, 0.6) is 11.5 Å². The van der Waals surface area contributed by atoms with Crippen LogP contribution in [0, 0.1) is 0 Å². The zero-order valence-corrected chi connectivity index (χ0v) is 9.36. The Kier molecular flexibility index (Phi) is 2.22. The lowest BCUT2D eigenvalue weighted by molar-refractivity contribution is -0.123. The van der Waals surface area contributed by atoms with Gasteiger partial charge in [0.15, 0.2) is 11.5 Å². The van der Waals surface area contributed by atoms with E-state index in [2.05, 4.69) is 5.32 Å². The number of carbonyl (C=O) groups excluding carboxylic acids is 1. The van der Waals surface area contributed by atoms with Crippen molar-refractivity contribution in [2.45, 2.75) is 24.9 Å². The molecular weight excluding hydrogens is 220 g/mol. The highest BCUT2D eigenvalue weighted by Gasteiger charge is 2.45. The van der Waals surface area contributed by atoms with Crippen LogP contribution in [0.1, 0.15) is 18.4 Å². The van der Waals surface area contributed by atoms with Crippen LogP contribution in [-0.4, -0.2) is 18.2 Å². The molecule has 0 spiro atoms. The molecule has 1 heterocycles. The first-order chi connectivity index (χ1) is 8.17. The van der Waals surface area contributed by atoms with E-state index in [0.29, 0.717) is 6.54 Å². The zero-order valence-electron chi connectivity index (χ0n) is 9.36. The molecule has 0 bridgehead atoms. The molecule has 17 heavy (non-hydrogen) atoms. The maximum Gasteiger partial charge on any atom is 0.240 e. The fourth-order valence-corrected chi connectivity index (χ4v) is 1.77. The van der Waals surface area contributed by atoms with Crippen LogP contribution in [0.25, 0.3) is 0 Å². The van der Waals surface area contributed by atoms with Gasteiger partial charge < -0.3 is 20.5 Å². The summed E-state index contributed by atoms with van der Waals surface area (Å²) in [5.74, 6) is 1.40. The van der Waals surface area contributed by atoms with E-state index in [9.17, 15) is 4.79 Å². The van der Waals surface area contributed by atoms with Crippen LogP contribution in [0.4, 0.5) is 0 Å². The van der Waals surface area contributed by atoms with Crippen molar-refractivity contribution in [3.63, 3.8) is 0 Å². The number of hydrogen-bond donors (Lipinski definition) is 2. The Morgan fingerprint density at radius 3 is 2.88 bits per heavy atom. The van der Waals surface area contributed by atoms with Gasteiger partial charge in [0.25, 0.3) is 0 Å². The third-order valence-electron chi connectivity index (χ3n) is 3.13. The highest BCUT2D eigenvalue weighted by Crippen LogP contribution is 2.33. The van der Waals surface area contributed by atoms with Crippen molar-refractivity contribution in [1.29, 1.82) is 0 Å². The minimum Gasteiger partial charge on any atom is -0.454 e. The molecule has 0 aromatic heterocycles. The first kappa shape index (κ1) is 10.4. The number of carbonyl (C=O) groups is 1. The van der Waals surface area contributed by atoms with E-state index in [1.165, 1.54) is 0 Å². The van der Waals surface area contributed by atoms with E-state index in [0.717, 1.165) is 29.9 Å². The lowest BCUT2D eigenvalue weighted by Gasteiger charge is -2.10. The Morgan fingerprint density at radius 1 is 1.35 bits per heavy atom. The van der Waals surface area contributed by atoms with Gasteiger partial charge in [-0.25, -0.2) is 0 Å². The maximum absolute atomic E-state index is 11.6. The Morgan fingerprint density at radius 2 is 2.12 bits per heavy atom. The molecular formula is C12H14N2O3.